The molecule has 1 aromatic heterocycles. The van der Waals surface area contributed by atoms with Crippen LogP contribution in [0.5, 0.6) is 0 Å². The molecule has 74 valence electrons. The van der Waals surface area contributed by atoms with E-state index in [4.69, 9.17) is 5.73 Å². The molecule has 0 spiro atoms. The van der Waals surface area contributed by atoms with Crippen LogP contribution in [0.25, 0.3) is 0 Å². The summed E-state index contributed by atoms with van der Waals surface area (Å²) in [6.45, 7) is 7.43. The summed E-state index contributed by atoms with van der Waals surface area (Å²) in [6, 6.07) is 4.41. The molecule has 0 radical (unpaired) electrons. The molecule has 0 aliphatic rings. The zero-order valence-corrected chi connectivity index (χ0v) is 9.53. The number of nitrogens with two attached hydrogens (primary N) is 1. The van der Waals surface area contributed by atoms with Crippen molar-refractivity contribution in [2.75, 3.05) is 6.54 Å². The first-order valence-electron chi connectivity index (χ1n) is 4.90. The van der Waals surface area contributed by atoms with Crippen LogP contribution < -0.4 is 5.73 Å². The Morgan fingerprint density at radius 3 is 2.46 bits per heavy atom. The second-order valence-electron chi connectivity index (χ2n) is 4.01. The second-order valence-corrected chi connectivity index (χ2v) is 5.33. The Labute approximate surface area is 85.0 Å². The summed E-state index contributed by atoms with van der Waals surface area (Å²) in [5, 5.41) is 0. The molecule has 0 saturated carbocycles. The standard InChI is InChI=1S/C11H19NS/c1-8(2)6-10(7-12)11-5-4-9(3)13-11/h4-5,8,10H,6-7,12H2,1-3H3. The Hall–Kier alpha value is -0.340. The van der Waals surface area contributed by atoms with Crippen LogP contribution in [-0.2, 0) is 0 Å². The van der Waals surface area contributed by atoms with E-state index in [2.05, 4.69) is 32.9 Å². The molecule has 1 aromatic rings. The number of rotatable bonds is 4. The summed E-state index contributed by atoms with van der Waals surface area (Å²) < 4.78 is 0. The van der Waals surface area contributed by atoms with Crippen molar-refractivity contribution in [2.24, 2.45) is 11.7 Å². The average molecular weight is 197 g/mol. The van der Waals surface area contributed by atoms with Crippen LogP contribution >= 0.6 is 11.3 Å². The lowest BCUT2D eigenvalue weighted by Crippen LogP contribution is -2.13. The molecule has 0 aliphatic carbocycles. The second kappa shape index (κ2) is 4.77. The highest BCUT2D eigenvalue weighted by atomic mass is 32.1. The van der Waals surface area contributed by atoms with Crippen molar-refractivity contribution >= 4 is 11.3 Å². The summed E-state index contributed by atoms with van der Waals surface area (Å²) in [5.74, 6) is 1.30. The molecule has 0 fully saturated rings. The SMILES string of the molecule is Cc1ccc(C(CN)CC(C)C)s1. The Kier molecular flexibility index (Phi) is 3.94. The Balaban J connectivity index is 2.66. The van der Waals surface area contributed by atoms with Gasteiger partial charge in [0.1, 0.15) is 0 Å². The smallest absolute Gasteiger partial charge is 0.00917 e. The summed E-state index contributed by atoms with van der Waals surface area (Å²) in [7, 11) is 0. The van der Waals surface area contributed by atoms with Crippen molar-refractivity contribution in [3.05, 3.63) is 21.9 Å². The first-order chi connectivity index (χ1) is 6.13. The van der Waals surface area contributed by atoms with Crippen LogP contribution in [0.15, 0.2) is 12.1 Å². The molecule has 2 N–H and O–H groups in total. The van der Waals surface area contributed by atoms with Crippen molar-refractivity contribution in [1.82, 2.24) is 0 Å². The fourth-order valence-electron chi connectivity index (χ4n) is 1.57. The molecule has 0 amide bonds. The third-order valence-electron chi connectivity index (χ3n) is 2.20. The van der Waals surface area contributed by atoms with Gasteiger partial charge in [0.25, 0.3) is 0 Å². The van der Waals surface area contributed by atoms with Crippen molar-refractivity contribution in [1.29, 1.82) is 0 Å². The van der Waals surface area contributed by atoms with Gasteiger partial charge >= 0.3 is 0 Å². The highest BCUT2D eigenvalue weighted by molar-refractivity contribution is 7.12. The lowest BCUT2D eigenvalue weighted by Gasteiger charge is -2.14. The summed E-state index contributed by atoms with van der Waals surface area (Å²) in [5.41, 5.74) is 5.77. The maximum atomic E-state index is 5.77. The minimum atomic E-state index is 0.568. The lowest BCUT2D eigenvalue weighted by atomic mass is 9.96. The molecule has 0 aliphatic heterocycles. The largest absolute Gasteiger partial charge is 0.330 e. The minimum absolute atomic E-state index is 0.568. The Morgan fingerprint density at radius 2 is 2.08 bits per heavy atom. The first-order valence-corrected chi connectivity index (χ1v) is 5.71. The molecule has 0 saturated heterocycles. The van der Waals surface area contributed by atoms with E-state index in [1.165, 1.54) is 16.2 Å². The highest BCUT2D eigenvalue weighted by Gasteiger charge is 2.12. The van der Waals surface area contributed by atoms with Crippen LogP contribution in [0.1, 0.15) is 35.9 Å². The molecule has 1 rings (SSSR count). The van der Waals surface area contributed by atoms with E-state index < -0.39 is 0 Å². The van der Waals surface area contributed by atoms with Crippen LogP contribution in [0.3, 0.4) is 0 Å². The summed E-state index contributed by atoms with van der Waals surface area (Å²) in [4.78, 5) is 2.84. The van der Waals surface area contributed by atoms with Gasteiger partial charge < -0.3 is 5.73 Å². The van der Waals surface area contributed by atoms with E-state index in [0.29, 0.717) is 5.92 Å². The lowest BCUT2D eigenvalue weighted by molar-refractivity contribution is 0.509. The van der Waals surface area contributed by atoms with Gasteiger partial charge in [-0.05, 0) is 37.9 Å². The van der Waals surface area contributed by atoms with E-state index >= 15 is 0 Å². The molecule has 1 atom stereocenters. The molecule has 0 bridgehead atoms. The van der Waals surface area contributed by atoms with Gasteiger partial charge in [-0.1, -0.05) is 13.8 Å². The number of aryl methyl sites for hydroxylation is 1. The maximum absolute atomic E-state index is 5.77. The van der Waals surface area contributed by atoms with Crippen molar-refractivity contribution in [3.63, 3.8) is 0 Å². The topological polar surface area (TPSA) is 26.0 Å². The zero-order chi connectivity index (χ0) is 9.84. The Bertz CT molecular complexity index is 252. The molecular formula is C11H19NS. The van der Waals surface area contributed by atoms with Crippen LogP contribution in [-0.4, -0.2) is 6.54 Å². The van der Waals surface area contributed by atoms with Gasteiger partial charge in [-0.3, -0.25) is 0 Å². The predicted molar refractivity (Wildman–Crippen MR) is 60.3 cm³/mol. The van der Waals surface area contributed by atoms with E-state index in [1.807, 2.05) is 11.3 Å². The van der Waals surface area contributed by atoms with Crippen LogP contribution in [0, 0.1) is 12.8 Å². The van der Waals surface area contributed by atoms with Crippen LogP contribution in [0.2, 0.25) is 0 Å². The highest BCUT2D eigenvalue weighted by Crippen LogP contribution is 2.28. The van der Waals surface area contributed by atoms with Gasteiger partial charge in [0, 0.05) is 15.7 Å². The van der Waals surface area contributed by atoms with Crippen molar-refractivity contribution in [2.45, 2.75) is 33.1 Å². The molecule has 2 heteroatoms. The van der Waals surface area contributed by atoms with E-state index in [1.54, 1.807) is 0 Å². The molecule has 1 heterocycles. The van der Waals surface area contributed by atoms with Gasteiger partial charge in [-0.2, -0.15) is 0 Å². The quantitative estimate of drug-likeness (QED) is 0.788. The van der Waals surface area contributed by atoms with Gasteiger partial charge in [0.15, 0.2) is 0 Å². The average Bonchev–Trinajstić information content (AvgIpc) is 2.47. The minimum Gasteiger partial charge on any atom is -0.330 e. The van der Waals surface area contributed by atoms with Gasteiger partial charge in [0.2, 0.25) is 0 Å². The molecular weight excluding hydrogens is 178 g/mol. The van der Waals surface area contributed by atoms with Crippen LogP contribution in [0.4, 0.5) is 0 Å². The van der Waals surface area contributed by atoms with Crippen molar-refractivity contribution in [3.8, 4) is 0 Å². The number of hydrogen-bond acceptors (Lipinski definition) is 2. The summed E-state index contributed by atoms with van der Waals surface area (Å²) in [6.07, 6.45) is 1.20. The van der Waals surface area contributed by atoms with Gasteiger partial charge in [0.05, 0.1) is 0 Å². The first kappa shape index (κ1) is 10.7. The summed E-state index contributed by atoms with van der Waals surface area (Å²) >= 11 is 1.88. The third-order valence-corrected chi connectivity index (χ3v) is 3.37. The van der Waals surface area contributed by atoms with Crippen molar-refractivity contribution < 1.29 is 0 Å². The number of thiophene rings is 1. The molecule has 0 aromatic carbocycles. The molecule has 13 heavy (non-hydrogen) atoms. The van der Waals surface area contributed by atoms with E-state index in [-0.39, 0.29) is 0 Å². The van der Waals surface area contributed by atoms with Gasteiger partial charge in [-0.15, -0.1) is 11.3 Å². The fourth-order valence-corrected chi connectivity index (χ4v) is 2.57. The monoisotopic (exact) mass is 197 g/mol. The zero-order valence-electron chi connectivity index (χ0n) is 8.71. The molecule has 1 nitrogen and oxygen atoms in total. The maximum Gasteiger partial charge on any atom is 0.00917 e. The van der Waals surface area contributed by atoms with Gasteiger partial charge in [-0.25, -0.2) is 0 Å². The molecule has 1 unspecified atom stereocenters. The Morgan fingerprint density at radius 1 is 1.38 bits per heavy atom. The van der Waals surface area contributed by atoms with E-state index in [9.17, 15) is 0 Å². The number of hydrogen-bond donors (Lipinski definition) is 1. The predicted octanol–water partition coefficient (Wildman–Crippen LogP) is 3.14. The third kappa shape index (κ3) is 3.12. The van der Waals surface area contributed by atoms with E-state index in [0.717, 1.165) is 12.5 Å². The fraction of sp³-hybridized carbons (Fsp3) is 0.636. The normalized spacial score (nSPS) is 13.6.